The van der Waals surface area contributed by atoms with Crippen LogP contribution >= 0.6 is 11.6 Å². The summed E-state index contributed by atoms with van der Waals surface area (Å²) in [6.45, 7) is 3.67. The molecule has 2 aromatic carbocycles. The number of nitro benzene ring substituents is 2. The number of hydrogen-bond donors (Lipinski definition) is 2. The minimum atomic E-state index is -1.12. The van der Waals surface area contributed by atoms with Gasteiger partial charge in [-0.1, -0.05) is 11.6 Å². The molecule has 0 aliphatic rings. The Balaban J connectivity index is 1.89. The quantitative estimate of drug-likeness (QED) is 0.296. The van der Waals surface area contributed by atoms with Crippen molar-refractivity contribution in [2.45, 2.75) is 13.8 Å². The summed E-state index contributed by atoms with van der Waals surface area (Å²) in [7, 11) is 0. The van der Waals surface area contributed by atoms with Crippen LogP contribution in [-0.2, 0) is 0 Å². The molecule has 0 spiro atoms. The lowest BCUT2D eigenvalue weighted by Gasteiger charge is -2.11. The number of anilines is 1. The number of aromatic nitrogens is 1. The Morgan fingerprint density at radius 2 is 1.84 bits per heavy atom. The lowest BCUT2D eigenvalue weighted by atomic mass is 10.2. The number of carboxylic acids is 1. The molecule has 2 N–H and O–H groups in total. The maximum absolute atomic E-state index is 11.2. The Morgan fingerprint density at radius 3 is 2.44 bits per heavy atom. The average molecular weight is 458 g/mol. The first-order valence-electron chi connectivity index (χ1n) is 9.04. The van der Waals surface area contributed by atoms with Crippen LogP contribution < -0.4 is 5.43 Å². The number of halogens is 1. The molecule has 12 heteroatoms. The Kier molecular flexibility index (Phi) is 6.21. The molecule has 3 rings (SSSR count). The first-order valence-corrected chi connectivity index (χ1v) is 9.42. The van der Waals surface area contributed by atoms with Gasteiger partial charge in [0.15, 0.2) is 0 Å². The molecule has 0 radical (unpaired) electrons. The van der Waals surface area contributed by atoms with Gasteiger partial charge in [0.05, 0.1) is 32.7 Å². The highest BCUT2D eigenvalue weighted by molar-refractivity contribution is 6.33. The molecule has 164 valence electrons. The molecular formula is C20H16ClN5O6. The number of hydrogen-bond acceptors (Lipinski definition) is 7. The summed E-state index contributed by atoms with van der Waals surface area (Å²) in [5, 5.41) is 35.3. The molecule has 0 bridgehead atoms. The molecule has 0 aliphatic carbocycles. The van der Waals surface area contributed by atoms with Gasteiger partial charge < -0.3 is 9.67 Å². The lowest BCUT2D eigenvalue weighted by Crippen LogP contribution is -2.03. The number of benzene rings is 2. The second-order valence-electron chi connectivity index (χ2n) is 6.72. The zero-order valence-corrected chi connectivity index (χ0v) is 17.5. The van der Waals surface area contributed by atoms with Crippen LogP contribution in [-0.4, -0.2) is 31.7 Å². The van der Waals surface area contributed by atoms with Gasteiger partial charge in [0.2, 0.25) is 0 Å². The summed E-state index contributed by atoms with van der Waals surface area (Å²) in [5.74, 6) is -1.12. The maximum atomic E-state index is 11.2. The number of carbonyl (C=O) groups is 1. The van der Waals surface area contributed by atoms with Crippen LogP contribution in [0, 0.1) is 34.1 Å². The van der Waals surface area contributed by atoms with Gasteiger partial charge in [0.25, 0.3) is 5.69 Å². The second-order valence-corrected chi connectivity index (χ2v) is 7.12. The van der Waals surface area contributed by atoms with Crippen molar-refractivity contribution in [1.29, 1.82) is 0 Å². The molecular weight excluding hydrogens is 442 g/mol. The zero-order chi connectivity index (χ0) is 23.6. The van der Waals surface area contributed by atoms with Crippen LogP contribution in [0.3, 0.4) is 0 Å². The van der Waals surface area contributed by atoms with E-state index < -0.39 is 27.2 Å². The number of carboxylic acid groups (broad SMARTS) is 1. The molecule has 0 unspecified atom stereocenters. The molecule has 0 saturated heterocycles. The van der Waals surface area contributed by atoms with E-state index in [0.29, 0.717) is 11.3 Å². The third-order valence-electron chi connectivity index (χ3n) is 4.69. The smallest absolute Gasteiger partial charge is 0.337 e. The van der Waals surface area contributed by atoms with Gasteiger partial charge in [0, 0.05) is 28.7 Å². The average Bonchev–Trinajstić information content (AvgIpc) is 3.00. The van der Waals surface area contributed by atoms with Gasteiger partial charge in [-0.05, 0) is 44.2 Å². The Morgan fingerprint density at radius 1 is 1.12 bits per heavy atom. The van der Waals surface area contributed by atoms with Crippen LogP contribution in [0.15, 0.2) is 47.6 Å². The van der Waals surface area contributed by atoms with Gasteiger partial charge in [0.1, 0.15) is 5.69 Å². The fourth-order valence-electron chi connectivity index (χ4n) is 3.18. The van der Waals surface area contributed by atoms with Crippen molar-refractivity contribution >= 4 is 40.8 Å². The topological polar surface area (TPSA) is 153 Å². The van der Waals surface area contributed by atoms with Crippen LogP contribution in [0.5, 0.6) is 0 Å². The minimum Gasteiger partial charge on any atom is -0.478 e. The Labute approximate surface area is 185 Å². The molecule has 32 heavy (non-hydrogen) atoms. The third-order valence-corrected chi connectivity index (χ3v) is 5.00. The first-order chi connectivity index (χ1) is 15.1. The SMILES string of the molecule is Cc1cc(/C=N\Nc2ccc([N+](=O)[O-])cc2[N+](=O)[O-])c(C)n1-c1ccc(C(=O)O)c(Cl)c1. The fourth-order valence-corrected chi connectivity index (χ4v) is 3.44. The van der Waals surface area contributed by atoms with E-state index >= 15 is 0 Å². The van der Waals surface area contributed by atoms with Crippen molar-refractivity contribution in [2.24, 2.45) is 5.10 Å². The minimum absolute atomic E-state index is 0.00157. The Hall–Kier alpha value is -4.25. The highest BCUT2D eigenvalue weighted by Crippen LogP contribution is 2.29. The summed E-state index contributed by atoms with van der Waals surface area (Å²) in [5.41, 5.74) is 4.61. The first kappa shape index (κ1) is 22.4. The summed E-state index contributed by atoms with van der Waals surface area (Å²) in [4.78, 5) is 31.8. The molecule has 1 heterocycles. The molecule has 0 saturated carbocycles. The van der Waals surface area contributed by atoms with Gasteiger partial charge in [-0.25, -0.2) is 4.79 Å². The van der Waals surface area contributed by atoms with E-state index in [1.165, 1.54) is 18.3 Å². The van der Waals surface area contributed by atoms with Gasteiger partial charge in [-0.15, -0.1) is 0 Å². The van der Waals surface area contributed by atoms with Crippen molar-refractivity contribution in [1.82, 2.24) is 4.57 Å². The van der Waals surface area contributed by atoms with E-state index in [0.717, 1.165) is 23.5 Å². The summed E-state index contributed by atoms with van der Waals surface area (Å²) >= 11 is 6.08. The number of nitro groups is 2. The largest absolute Gasteiger partial charge is 0.478 e. The van der Waals surface area contributed by atoms with E-state index in [1.54, 1.807) is 12.1 Å². The number of rotatable bonds is 7. The zero-order valence-electron chi connectivity index (χ0n) is 16.8. The molecule has 0 aliphatic heterocycles. The number of aryl methyl sites for hydroxylation is 1. The summed E-state index contributed by atoms with van der Waals surface area (Å²) in [6.07, 6.45) is 1.46. The molecule has 0 fully saturated rings. The van der Waals surface area contributed by atoms with Crippen LogP contribution in [0.4, 0.5) is 17.1 Å². The standard InChI is InChI=1S/C20H16ClN5O6/c1-11-7-13(12(2)24(11)14-3-5-16(20(27)28)17(21)8-14)10-22-23-18-6-4-15(25(29)30)9-19(18)26(31)32/h3-10,23H,1-2H3,(H,27,28)/b22-10-. The van der Waals surface area contributed by atoms with E-state index in [1.807, 2.05) is 24.5 Å². The summed E-state index contributed by atoms with van der Waals surface area (Å²) < 4.78 is 1.85. The summed E-state index contributed by atoms with van der Waals surface area (Å²) in [6, 6.07) is 9.63. The second kappa shape index (κ2) is 8.86. The number of aromatic carboxylic acids is 1. The third kappa shape index (κ3) is 4.42. The van der Waals surface area contributed by atoms with E-state index in [2.05, 4.69) is 10.5 Å². The molecule has 1 aromatic heterocycles. The number of nitrogens with one attached hydrogen (secondary N) is 1. The van der Waals surface area contributed by atoms with Gasteiger partial charge in [-0.2, -0.15) is 5.10 Å². The molecule has 0 amide bonds. The van der Waals surface area contributed by atoms with Crippen LogP contribution in [0.25, 0.3) is 5.69 Å². The Bertz CT molecular complexity index is 1280. The molecule has 11 nitrogen and oxygen atoms in total. The molecule has 0 atom stereocenters. The van der Waals surface area contributed by atoms with Gasteiger partial charge in [-0.3, -0.25) is 25.7 Å². The highest BCUT2D eigenvalue weighted by atomic mass is 35.5. The van der Waals surface area contributed by atoms with E-state index in [-0.39, 0.29) is 16.3 Å². The van der Waals surface area contributed by atoms with Crippen molar-refractivity contribution in [3.8, 4) is 5.69 Å². The van der Waals surface area contributed by atoms with Crippen LogP contribution in [0.2, 0.25) is 5.02 Å². The highest BCUT2D eigenvalue weighted by Gasteiger charge is 2.19. The molecule has 3 aromatic rings. The number of nitrogens with zero attached hydrogens (tertiary/aromatic N) is 4. The van der Waals surface area contributed by atoms with E-state index in [9.17, 15) is 25.0 Å². The monoisotopic (exact) mass is 457 g/mol. The predicted molar refractivity (Wildman–Crippen MR) is 118 cm³/mol. The predicted octanol–water partition coefficient (Wildman–Crippen LogP) is 4.71. The van der Waals surface area contributed by atoms with Crippen LogP contribution in [0.1, 0.15) is 27.3 Å². The van der Waals surface area contributed by atoms with Crippen molar-refractivity contribution < 1.29 is 19.7 Å². The normalized spacial score (nSPS) is 11.0. The van der Waals surface area contributed by atoms with Crippen molar-refractivity contribution in [2.75, 3.05) is 5.43 Å². The van der Waals surface area contributed by atoms with Crippen molar-refractivity contribution in [3.05, 3.63) is 90.2 Å². The number of non-ortho nitro benzene ring substituents is 1. The maximum Gasteiger partial charge on any atom is 0.337 e. The van der Waals surface area contributed by atoms with Crippen molar-refractivity contribution in [3.63, 3.8) is 0 Å². The number of hydrazone groups is 1. The van der Waals surface area contributed by atoms with Gasteiger partial charge >= 0.3 is 11.7 Å². The fraction of sp³-hybridized carbons (Fsp3) is 0.100. The van der Waals surface area contributed by atoms with E-state index in [4.69, 9.17) is 16.7 Å². The lowest BCUT2D eigenvalue weighted by molar-refractivity contribution is -0.393.